The summed E-state index contributed by atoms with van der Waals surface area (Å²) in [6, 6.07) is 21.3. The average Bonchev–Trinajstić information content (AvgIpc) is 3.18. The molecule has 0 fully saturated rings. The van der Waals surface area contributed by atoms with Crippen LogP contribution in [0.2, 0.25) is 5.02 Å². The van der Waals surface area contributed by atoms with Crippen molar-refractivity contribution in [2.45, 2.75) is 17.8 Å². The summed E-state index contributed by atoms with van der Waals surface area (Å²) < 4.78 is 7.22. The third kappa shape index (κ3) is 3.55. The van der Waals surface area contributed by atoms with Gasteiger partial charge in [0.15, 0.2) is 5.16 Å². The number of fused-ring (bicyclic) bond motifs is 3. The number of hydrogen-bond donors (Lipinski definition) is 1. The lowest BCUT2D eigenvalue weighted by Gasteiger charge is -2.16. The Morgan fingerprint density at radius 1 is 1.09 bits per heavy atom. The van der Waals surface area contributed by atoms with Crippen LogP contribution in [0.5, 0.6) is 5.75 Å². The number of nitrogens with one attached hydrogen (secondary N) is 1. The molecular formula is C25H20ClN3O2S. The van der Waals surface area contributed by atoms with Gasteiger partial charge in [-0.1, -0.05) is 65.8 Å². The van der Waals surface area contributed by atoms with Crippen LogP contribution >= 0.6 is 23.4 Å². The topological polar surface area (TPSA) is 59.9 Å². The molecule has 2 aromatic heterocycles. The van der Waals surface area contributed by atoms with Crippen molar-refractivity contribution in [2.24, 2.45) is 0 Å². The third-order valence-corrected chi connectivity index (χ3v) is 6.74. The molecule has 5 aromatic rings. The normalized spacial score (nSPS) is 11.3. The van der Waals surface area contributed by atoms with Crippen LogP contribution in [0.3, 0.4) is 0 Å². The lowest BCUT2D eigenvalue weighted by molar-refractivity contribution is 0.411. The Balaban J connectivity index is 1.77. The highest BCUT2D eigenvalue weighted by Crippen LogP contribution is 2.32. The summed E-state index contributed by atoms with van der Waals surface area (Å²) in [5.74, 6) is 1.18. The van der Waals surface area contributed by atoms with E-state index in [2.05, 4.69) is 4.98 Å². The molecule has 160 valence electrons. The highest BCUT2D eigenvalue weighted by molar-refractivity contribution is 7.98. The zero-order valence-corrected chi connectivity index (χ0v) is 19.1. The number of aryl methyl sites for hydroxylation is 1. The standard InChI is InChI=1S/C25H20ClN3O2S/c1-15-11-12-21(31-2)20(13-15)29-24(30)23-22(17-8-4-6-10-19(17)27-23)28-25(29)32-14-16-7-3-5-9-18(16)26/h3-13,27H,14H2,1-2H3. The van der Waals surface area contributed by atoms with Gasteiger partial charge in [0.05, 0.1) is 12.8 Å². The van der Waals surface area contributed by atoms with E-state index in [1.165, 1.54) is 11.8 Å². The van der Waals surface area contributed by atoms with Gasteiger partial charge in [-0.05, 0) is 42.3 Å². The third-order valence-electron chi connectivity index (χ3n) is 5.38. The fourth-order valence-corrected chi connectivity index (χ4v) is 5.07. The predicted molar refractivity (Wildman–Crippen MR) is 131 cm³/mol. The van der Waals surface area contributed by atoms with Crippen LogP contribution in [0.25, 0.3) is 27.6 Å². The van der Waals surface area contributed by atoms with Gasteiger partial charge >= 0.3 is 0 Å². The van der Waals surface area contributed by atoms with Crippen LogP contribution in [0.1, 0.15) is 11.1 Å². The maximum Gasteiger partial charge on any atom is 0.283 e. The van der Waals surface area contributed by atoms with Crippen molar-refractivity contribution in [3.63, 3.8) is 0 Å². The molecule has 32 heavy (non-hydrogen) atoms. The molecule has 0 radical (unpaired) electrons. The molecule has 0 atom stereocenters. The first-order valence-corrected chi connectivity index (χ1v) is 11.5. The Hall–Kier alpha value is -3.22. The molecule has 0 saturated heterocycles. The molecule has 0 aliphatic heterocycles. The van der Waals surface area contributed by atoms with Gasteiger partial charge in [0, 0.05) is 21.7 Å². The minimum absolute atomic E-state index is 0.170. The Morgan fingerprint density at radius 3 is 2.69 bits per heavy atom. The van der Waals surface area contributed by atoms with Crippen molar-refractivity contribution in [3.8, 4) is 11.4 Å². The van der Waals surface area contributed by atoms with Crippen LogP contribution in [0.15, 0.2) is 76.7 Å². The first kappa shape index (κ1) is 20.7. The number of H-pyrrole nitrogens is 1. The molecular weight excluding hydrogens is 442 g/mol. The zero-order valence-electron chi connectivity index (χ0n) is 17.6. The van der Waals surface area contributed by atoms with Gasteiger partial charge in [-0.3, -0.25) is 4.79 Å². The molecule has 2 heterocycles. The summed E-state index contributed by atoms with van der Waals surface area (Å²) in [5, 5.41) is 2.19. The van der Waals surface area contributed by atoms with Crippen LogP contribution < -0.4 is 10.3 Å². The lowest BCUT2D eigenvalue weighted by Crippen LogP contribution is -2.22. The Labute approximate surface area is 194 Å². The van der Waals surface area contributed by atoms with Gasteiger partial charge in [0.2, 0.25) is 0 Å². The van der Waals surface area contributed by atoms with Crippen LogP contribution in [0, 0.1) is 6.92 Å². The van der Waals surface area contributed by atoms with E-state index in [1.807, 2.05) is 73.7 Å². The minimum Gasteiger partial charge on any atom is -0.495 e. The summed E-state index contributed by atoms with van der Waals surface area (Å²) in [5.41, 5.74) is 4.50. The minimum atomic E-state index is -0.170. The summed E-state index contributed by atoms with van der Waals surface area (Å²) in [6.07, 6.45) is 0. The van der Waals surface area contributed by atoms with Gasteiger partial charge in [0.25, 0.3) is 5.56 Å². The van der Waals surface area contributed by atoms with Crippen molar-refractivity contribution < 1.29 is 4.74 Å². The largest absolute Gasteiger partial charge is 0.495 e. The number of methoxy groups -OCH3 is 1. The van der Waals surface area contributed by atoms with E-state index in [9.17, 15) is 4.79 Å². The smallest absolute Gasteiger partial charge is 0.283 e. The number of hydrogen-bond acceptors (Lipinski definition) is 4. The van der Waals surface area contributed by atoms with Gasteiger partial charge in [-0.25, -0.2) is 9.55 Å². The first-order valence-electron chi connectivity index (χ1n) is 10.1. The molecule has 5 rings (SSSR count). The molecule has 0 spiro atoms. The average molecular weight is 462 g/mol. The predicted octanol–water partition coefficient (Wildman–Crippen LogP) is 6.13. The van der Waals surface area contributed by atoms with Crippen molar-refractivity contribution in [2.75, 3.05) is 7.11 Å². The van der Waals surface area contributed by atoms with E-state index in [-0.39, 0.29) is 5.56 Å². The van der Waals surface area contributed by atoms with Gasteiger partial charge in [0.1, 0.15) is 16.8 Å². The quantitative estimate of drug-likeness (QED) is 0.252. The molecule has 0 aliphatic carbocycles. The van der Waals surface area contributed by atoms with Gasteiger partial charge in [-0.15, -0.1) is 0 Å². The molecule has 0 saturated carbocycles. The fourth-order valence-electron chi connectivity index (χ4n) is 3.78. The zero-order chi connectivity index (χ0) is 22.2. The fraction of sp³-hybridized carbons (Fsp3) is 0.120. The molecule has 0 unspecified atom stereocenters. The number of rotatable bonds is 5. The van der Waals surface area contributed by atoms with E-state index < -0.39 is 0 Å². The number of thioether (sulfide) groups is 1. The second-order valence-electron chi connectivity index (χ2n) is 7.48. The SMILES string of the molecule is COc1ccc(C)cc1-n1c(SCc2ccccc2Cl)nc2c([nH]c3ccccc32)c1=O. The summed E-state index contributed by atoms with van der Waals surface area (Å²) in [6.45, 7) is 1.99. The monoisotopic (exact) mass is 461 g/mol. The number of aromatic amines is 1. The van der Waals surface area contributed by atoms with Crippen molar-refractivity contribution in [1.82, 2.24) is 14.5 Å². The van der Waals surface area contributed by atoms with Crippen LogP contribution in [-0.2, 0) is 5.75 Å². The second kappa shape index (κ2) is 8.37. The number of nitrogens with zero attached hydrogens (tertiary/aromatic N) is 2. The molecule has 5 nitrogen and oxygen atoms in total. The second-order valence-corrected chi connectivity index (χ2v) is 8.83. The van der Waals surface area contributed by atoms with E-state index in [0.717, 1.165) is 22.0 Å². The number of aromatic nitrogens is 3. The van der Waals surface area contributed by atoms with E-state index in [0.29, 0.717) is 38.4 Å². The first-order chi connectivity index (χ1) is 15.6. The maximum absolute atomic E-state index is 13.8. The van der Waals surface area contributed by atoms with Crippen molar-refractivity contribution in [1.29, 1.82) is 0 Å². The van der Waals surface area contributed by atoms with Gasteiger partial charge < -0.3 is 9.72 Å². The number of benzene rings is 3. The number of para-hydroxylation sites is 1. The number of halogens is 1. The summed E-state index contributed by atoms with van der Waals surface area (Å²) >= 11 is 7.85. The van der Waals surface area contributed by atoms with Crippen LogP contribution in [-0.4, -0.2) is 21.6 Å². The highest BCUT2D eigenvalue weighted by atomic mass is 35.5. The molecule has 7 heteroatoms. The molecule has 0 bridgehead atoms. The Morgan fingerprint density at radius 2 is 1.88 bits per heavy atom. The molecule has 0 amide bonds. The van der Waals surface area contributed by atoms with E-state index in [4.69, 9.17) is 21.3 Å². The van der Waals surface area contributed by atoms with E-state index >= 15 is 0 Å². The van der Waals surface area contributed by atoms with E-state index in [1.54, 1.807) is 11.7 Å². The Kier molecular flexibility index (Phi) is 5.41. The molecule has 0 aliphatic rings. The van der Waals surface area contributed by atoms with Crippen molar-refractivity contribution >= 4 is 45.3 Å². The lowest BCUT2D eigenvalue weighted by atomic mass is 10.2. The summed E-state index contributed by atoms with van der Waals surface area (Å²) in [7, 11) is 1.60. The Bertz CT molecular complexity index is 1520. The van der Waals surface area contributed by atoms with Crippen molar-refractivity contribution in [3.05, 3.63) is 93.2 Å². The molecule has 1 N–H and O–H groups in total. The van der Waals surface area contributed by atoms with Gasteiger partial charge in [-0.2, -0.15) is 0 Å². The highest BCUT2D eigenvalue weighted by Gasteiger charge is 2.20. The molecule has 3 aromatic carbocycles. The maximum atomic E-state index is 13.8. The summed E-state index contributed by atoms with van der Waals surface area (Å²) in [4.78, 5) is 22.0. The number of ether oxygens (including phenoxy) is 1. The van der Waals surface area contributed by atoms with Crippen LogP contribution in [0.4, 0.5) is 0 Å².